The van der Waals surface area contributed by atoms with Crippen LogP contribution in [0.2, 0.25) is 0 Å². The van der Waals surface area contributed by atoms with Crippen molar-refractivity contribution >= 4 is 16.8 Å². The smallest absolute Gasteiger partial charge is 0.331 e. The maximum atomic E-state index is 12.8. The van der Waals surface area contributed by atoms with E-state index in [-0.39, 0.29) is 12.5 Å². The predicted octanol–water partition coefficient (Wildman–Crippen LogP) is 1.04. The molecule has 4 rings (SSSR count). The fourth-order valence-electron chi connectivity index (χ4n) is 3.84. The molecular weight excluding hydrogens is 368 g/mol. The molecule has 1 saturated heterocycles. The molecule has 1 aliphatic rings. The summed E-state index contributed by atoms with van der Waals surface area (Å²) in [5.41, 5.74) is 0.934. The lowest BCUT2D eigenvalue weighted by molar-refractivity contribution is -0.133. The van der Waals surface area contributed by atoms with E-state index in [4.69, 9.17) is 0 Å². The Morgan fingerprint density at radius 2 is 1.55 bits per heavy atom. The van der Waals surface area contributed by atoms with Crippen molar-refractivity contribution < 1.29 is 4.79 Å². The van der Waals surface area contributed by atoms with Crippen LogP contribution in [0.5, 0.6) is 0 Å². The van der Waals surface area contributed by atoms with Crippen molar-refractivity contribution in [2.75, 3.05) is 26.2 Å². The molecule has 7 nitrogen and oxygen atoms in total. The molecule has 29 heavy (non-hydrogen) atoms. The molecule has 1 fully saturated rings. The van der Waals surface area contributed by atoms with Crippen LogP contribution in [0.25, 0.3) is 10.9 Å². The van der Waals surface area contributed by atoms with Crippen molar-refractivity contribution in [3.63, 3.8) is 0 Å². The summed E-state index contributed by atoms with van der Waals surface area (Å²) in [6.45, 7) is 3.35. The van der Waals surface area contributed by atoms with Gasteiger partial charge in [-0.3, -0.25) is 23.6 Å². The van der Waals surface area contributed by atoms with E-state index >= 15 is 0 Å². The van der Waals surface area contributed by atoms with Gasteiger partial charge in [-0.25, -0.2) is 4.79 Å². The number of rotatable bonds is 4. The number of piperazine rings is 1. The van der Waals surface area contributed by atoms with Gasteiger partial charge in [0.1, 0.15) is 6.54 Å². The Morgan fingerprint density at radius 3 is 2.28 bits per heavy atom. The molecule has 0 unspecified atom stereocenters. The standard InChI is InChI=1S/C22H24N4O3/c1-23-19-10-6-5-9-18(19)21(28)26(22(23)29)16-20(27)25-13-11-24(12-14-25)15-17-7-3-2-4-8-17/h2-10H,11-16H2,1H3. The van der Waals surface area contributed by atoms with Crippen LogP contribution in [0.3, 0.4) is 0 Å². The Labute approximate surface area is 168 Å². The molecule has 0 bridgehead atoms. The maximum Gasteiger partial charge on any atom is 0.331 e. The monoisotopic (exact) mass is 392 g/mol. The second kappa shape index (κ2) is 8.05. The highest BCUT2D eigenvalue weighted by molar-refractivity contribution is 5.79. The first-order valence-electron chi connectivity index (χ1n) is 9.77. The largest absolute Gasteiger partial charge is 0.339 e. The highest BCUT2D eigenvalue weighted by Crippen LogP contribution is 2.09. The molecule has 2 heterocycles. The van der Waals surface area contributed by atoms with Crippen LogP contribution in [-0.2, 0) is 24.9 Å². The SMILES string of the molecule is Cn1c(=O)n(CC(=O)N2CCN(Cc3ccccc3)CC2)c(=O)c2ccccc21. The first-order valence-corrected chi connectivity index (χ1v) is 9.77. The van der Waals surface area contributed by atoms with Crippen molar-refractivity contribution in [2.45, 2.75) is 13.1 Å². The van der Waals surface area contributed by atoms with E-state index in [1.807, 2.05) is 18.2 Å². The fourth-order valence-corrected chi connectivity index (χ4v) is 3.84. The number of carbonyl (C=O) groups is 1. The number of aromatic nitrogens is 2. The molecule has 0 saturated carbocycles. The number of nitrogens with zero attached hydrogens (tertiary/aromatic N) is 4. The molecule has 0 N–H and O–H groups in total. The predicted molar refractivity (Wildman–Crippen MR) is 112 cm³/mol. The summed E-state index contributed by atoms with van der Waals surface area (Å²) >= 11 is 0. The zero-order valence-corrected chi connectivity index (χ0v) is 16.5. The van der Waals surface area contributed by atoms with Gasteiger partial charge in [0.15, 0.2) is 0 Å². The van der Waals surface area contributed by atoms with Gasteiger partial charge in [-0.1, -0.05) is 42.5 Å². The Bertz CT molecular complexity index is 1140. The quantitative estimate of drug-likeness (QED) is 0.666. The van der Waals surface area contributed by atoms with Gasteiger partial charge in [0.25, 0.3) is 5.56 Å². The lowest BCUT2D eigenvalue weighted by Crippen LogP contribution is -2.51. The number of hydrogen-bond acceptors (Lipinski definition) is 4. The fraction of sp³-hybridized carbons (Fsp3) is 0.318. The highest BCUT2D eigenvalue weighted by Gasteiger charge is 2.23. The van der Waals surface area contributed by atoms with E-state index in [1.165, 1.54) is 10.1 Å². The molecule has 1 aliphatic heterocycles. The summed E-state index contributed by atoms with van der Waals surface area (Å²) in [5, 5.41) is 0.440. The summed E-state index contributed by atoms with van der Waals surface area (Å²) in [6, 6.07) is 17.2. The number of fused-ring (bicyclic) bond motifs is 1. The van der Waals surface area contributed by atoms with Gasteiger partial charge in [-0.2, -0.15) is 0 Å². The summed E-state index contributed by atoms with van der Waals surface area (Å²) in [4.78, 5) is 42.2. The second-order valence-electron chi connectivity index (χ2n) is 7.39. The summed E-state index contributed by atoms with van der Waals surface area (Å²) < 4.78 is 2.46. The van der Waals surface area contributed by atoms with E-state index in [2.05, 4.69) is 17.0 Å². The van der Waals surface area contributed by atoms with Crippen LogP contribution in [0.4, 0.5) is 0 Å². The highest BCUT2D eigenvalue weighted by atomic mass is 16.2. The van der Waals surface area contributed by atoms with Crippen molar-refractivity contribution in [3.05, 3.63) is 81.0 Å². The Kier molecular flexibility index (Phi) is 5.31. The zero-order valence-electron chi connectivity index (χ0n) is 16.5. The summed E-state index contributed by atoms with van der Waals surface area (Å²) in [7, 11) is 1.62. The van der Waals surface area contributed by atoms with Crippen LogP contribution in [-0.4, -0.2) is 51.0 Å². The third-order valence-electron chi connectivity index (χ3n) is 5.53. The molecule has 0 radical (unpaired) electrons. The van der Waals surface area contributed by atoms with Crippen LogP contribution in [0.1, 0.15) is 5.56 Å². The average molecular weight is 392 g/mol. The topological polar surface area (TPSA) is 67.6 Å². The van der Waals surface area contributed by atoms with Crippen molar-refractivity contribution in [1.82, 2.24) is 18.9 Å². The van der Waals surface area contributed by atoms with E-state index in [9.17, 15) is 14.4 Å². The van der Waals surface area contributed by atoms with Crippen molar-refractivity contribution in [2.24, 2.45) is 7.05 Å². The van der Waals surface area contributed by atoms with Crippen LogP contribution >= 0.6 is 0 Å². The number of para-hydroxylation sites is 1. The van der Waals surface area contributed by atoms with Crippen LogP contribution in [0, 0.1) is 0 Å². The van der Waals surface area contributed by atoms with Gasteiger partial charge >= 0.3 is 5.69 Å². The van der Waals surface area contributed by atoms with Crippen LogP contribution in [0.15, 0.2) is 64.2 Å². The molecule has 0 spiro atoms. The van der Waals surface area contributed by atoms with Gasteiger partial charge < -0.3 is 4.90 Å². The molecule has 0 atom stereocenters. The molecule has 1 aromatic heterocycles. The molecule has 2 aromatic carbocycles. The van der Waals surface area contributed by atoms with E-state index in [0.717, 1.165) is 24.2 Å². The minimum atomic E-state index is -0.468. The van der Waals surface area contributed by atoms with E-state index in [0.29, 0.717) is 24.0 Å². The molecule has 3 aromatic rings. The van der Waals surface area contributed by atoms with Crippen LogP contribution < -0.4 is 11.2 Å². The minimum Gasteiger partial charge on any atom is -0.339 e. The van der Waals surface area contributed by atoms with E-state index < -0.39 is 11.2 Å². The van der Waals surface area contributed by atoms with Crippen molar-refractivity contribution in [3.8, 4) is 0 Å². The van der Waals surface area contributed by atoms with Gasteiger partial charge in [-0.15, -0.1) is 0 Å². The average Bonchev–Trinajstić information content (AvgIpc) is 2.76. The second-order valence-corrected chi connectivity index (χ2v) is 7.39. The summed E-state index contributed by atoms with van der Waals surface area (Å²) in [6.07, 6.45) is 0. The third kappa shape index (κ3) is 3.86. The van der Waals surface area contributed by atoms with Gasteiger partial charge in [0.2, 0.25) is 5.91 Å². The number of aryl methyl sites for hydroxylation is 1. The Morgan fingerprint density at radius 1 is 0.897 bits per heavy atom. The molecule has 7 heteroatoms. The normalized spacial score (nSPS) is 15.0. The third-order valence-corrected chi connectivity index (χ3v) is 5.53. The summed E-state index contributed by atoms with van der Waals surface area (Å²) in [5.74, 6) is -0.196. The first kappa shape index (κ1) is 19.1. The Balaban J connectivity index is 1.46. The number of hydrogen-bond donors (Lipinski definition) is 0. The molecular formula is C22H24N4O3. The van der Waals surface area contributed by atoms with Crippen molar-refractivity contribution in [1.29, 1.82) is 0 Å². The van der Waals surface area contributed by atoms with Gasteiger partial charge in [0.05, 0.1) is 10.9 Å². The molecule has 1 amide bonds. The molecule has 150 valence electrons. The van der Waals surface area contributed by atoms with E-state index in [1.54, 1.807) is 36.2 Å². The number of amides is 1. The number of benzene rings is 2. The lowest BCUT2D eigenvalue weighted by Gasteiger charge is -2.34. The molecule has 0 aliphatic carbocycles. The maximum absolute atomic E-state index is 12.8. The minimum absolute atomic E-state index is 0.196. The Hall–Kier alpha value is -3.19. The first-order chi connectivity index (χ1) is 14.0. The zero-order chi connectivity index (χ0) is 20.4. The van der Waals surface area contributed by atoms with Gasteiger partial charge in [0, 0.05) is 39.8 Å². The lowest BCUT2D eigenvalue weighted by atomic mass is 10.2. The number of carbonyl (C=O) groups excluding carboxylic acids is 1. The van der Waals surface area contributed by atoms with Gasteiger partial charge in [-0.05, 0) is 17.7 Å².